The molecule has 1 heterocycles. The Morgan fingerprint density at radius 2 is 1.70 bits per heavy atom. The molecule has 1 aromatic carbocycles. The van der Waals surface area contributed by atoms with Gasteiger partial charge in [-0.05, 0) is 36.8 Å². The van der Waals surface area contributed by atoms with Crippen molar-refractivity contribution in [1.29, 1.82) is 0 Å². The van der Waals surface area contributed by atoms with Gasteiger partial charge in [0, 0.05) is 18.0 Å². The molecular formula is C12H12N4O3S. The van der Waals surface area contributed by atoms with E-state index >= 15 is 0 Å². The molecule has 1 amide bonds. The monoisotopic (exact) mass is 292 g/mol. The number of nitrogens with zero attached hydrogens (tertiary/aromatic N) is 2. The number of carbonyl (C=O) groups excluding carboxylic acids is 1. The first-order valence-electron chi connectivity index (χ1n) is 5.59. The molecule has 2 aromatic rings. The summed E-state index contributed by atoms with van der Waals surface area (Å²) in [6, 6.07) is 5.26. The molecule has 0 atom stereocenters. The van der Waals surface area contributed by atoms with Crippen molar-refractivity contribution in [3.63, 3.8) is 0 Å². The summed E-state index contributed by atoms with van der Waals surface area (Å²) in [6.07, 6.45) is 3.15. The van der Waals surface area contributed by atoms with Crippen LogP contribution in [0, 0.1) is 6.92 Å². The molecule has 0 saturated heterocycles. The standard InChI is InChI=1S/C12H12N4O3S/c1-8-6-14-12(15-7-8)16-11(17)9-2-4-10(5-3-9)20(13,18)19/h2-7H,1H3,(H2,13,18,19)(H,14,15,16,17). The minimum absolute atomic E-state index is 0.0550. The molecule has 0 unspecified atom stereocenters. The smallest absolute Gasteiger partial charge is 0.258 e. The van der Waals surface area contributed by atoms with Crippen LogP contribution < -0.4 is 10.5 Å². The summed E-state index contributed by atoms with van der Waals surface area (Å²) in [5.41, 5.74) is 1.15. The first-order chi connectivity index (χ1) is 9.36. The van der Waals surface area contributed by atoms with E-state index in [1.54, 1.807) is 12.4 Å². The molecule has 0 bridgehead atoms. The average Bonchev–Trinajstić information content (AvgIpc) is 2.40. The van der Waals surface area contributed by atoms with Crippen molar-refractivity contribution in [2.24, 2.45) is 5.14 Å². The van der Waals surface area contributed by atoms with Crippen LogP contribution in [0.1, 0.15) is 15.9 Å². The molecule has 0 saturated carbocycles. The predicted molar refractivity (Wildman–Crippen MR) is 72.5 cm³/mol. The van der Waals surface area contributed by atoms with Gasteiger partial charge in [-0.3, -0.25) is 10.1 Å². The van der Waals surface area contributed by atoms with E-state index in [4.69, 9.17) is 5.14 Å². The molecule has 0 aliphatic rings. The van der Waals surface area contributed by atoms with Gasteiger partial charge >= 0.3 is 0 Å². The molecule has 0 aliphatic carbocycles. The van der Waals surface area contributed by atoms with Crippen LogP contribution in [0.2, 0.25) is 0 Å². The highest BCUT2D eigenvalue weighted by Crippen LogP contribution is 2.10. The number of rotatable bonds is 3. The van der Waals surface area contributed by atoms with Gasteiger partial charge in [-0.2, -0.15) is 0 Å². The number of carbonyl (C=O) groups is 1. The maximum atomic E-state index is 11.9. The fourth-order valence-corrected chi connectivity index (χ4v) is 1.94. The lowest BCUT2D eigenvalue weighted by atomic mass is 10.2. The second-order valence-corrected chi connectivity index (χ2v) is 5.67. The molecule has 0 fully saturated rings. The lowest BCUT2D eigenvalue weighted by Crippen LogP contribution is -2.15. The number of anilines is 1. The Balaban J connectivity index is 2.15. The molecule has 0 spiro atoms. The van der Waals surface area contributed by atoms with E-state index < -0.39 is 15.9 Å². The van der Waals surface area contributed by atoms with Crippen LogP contribution in [-0.2, 0) is 10.0 Å². The summed E-state index contributed by atoms with van der Waals surface area (Å²) in [6.45, 7) is 1.83. The summed E-state index contributed by atoms with van der Waals surface area (Å²) in [7, 11) is -3.77. The van der Waals surface area contributed by atoms with Crippen LogP contribution in [-0.4, -0.2) is 24.3 Å². The van der Waals surface area contributed by atoms with Crippen LogP contribution in [0.15, 0.2) is 41.6 Å². The molecule has 3 N–H and O–H groups in total. The van der Waals surface area contributed by atoms with E-state index in [2.05, 4.69) is 15.3 Å². The lowest BCUT2D eigenvalue weighted by molar-refractivity contribution is 0.102. The summed E-state index contributed by atoms with van der Waals surface area (Å²) in [5, 5.41) is 7.47. The fourth-order valence-electron chi connectivity index (χ4n) is 1.43. The Morgan fingerprint density at radius 1 is 1.15 bits per heavy atom. The Hall–Kier alpha value is -2.32. The minimum atomic E-state index is -3.77. The normalized spacial score (nSPS) is 11.1. The van der Waals surface area contributed by atoms with Gasteiger partial charge < -0.3 is 0 Å². The number of sulfonamides is 1. The van der Waals surface area contributed by atoms with E-state index in [1.165, 1.54) is 24.3 Å². The van der Waals surface area contributed by atoms with Crippen molar-refractivity contribution >= 4 is 21.9 Å². The first kappa shape index (κ1) is 14.1. The number of aromatic nitrogens is 2. The zero-order chi connectivity index (χ0) is 14.8. The SMILES string of the molecule is Cc1cnc(NC(=O)c2ccc(S(N)(=O)=O)cc2)nc1. The molecule has 0 radical (unpaired) electrons. The Bertz CT molecular complexity index is 724. The molecule has 104 valence electrons. The minimum Gasteiger partial charge on any atom is -0.290 e. The summed E-state index contributed by atoms with van der Waals surface area (Å²) in [5.74, 6) is -0.258. The highest BCUT2D eigenvalue weighted by Gasteiger charge is 2.11. The van der Waals surface area contributed by atoms with Gasteiger partial charge in [0.25, 0.3) is 5.91 Å². The van der Waals surface area contributed by atoms with Gasteiger partial charge in [-0.1, -0.05) is 0 Å². The molecule has 1 aromatic heterocycles. The van der Waals surface area contributed by atoms with E-state index in [9.17, 15) is 13.2 Å². The zero-order valence-corrected chi connectivity index (χ0v) is 11.4. The number of hydrogen-bond donors (Lipinski definition) is 2. The van der Waals surface area contributed by atoms with Crippen LogP contribution in [0.4, 0.5) is 5.95 Å². The number of primary sulfonamides is 1. The Morgan fingerprint density at radius 3 is 2.20 bits per heavy atom. The van der Waals surface area contributed by atoms with Gasteiger partial charge in [-0.15, -0.1) is 0 Å². The fraction of sp³-hybridized carbons (Fsp3) is 0.0833. The second-order valence-electron chi connectivity index (χ2n) is 4.11. The van der Waals surface area contributed by atoms with Gasteiger partial charge in [0.1, 0.15) is 0 Å². The highest BCUT2D eigenvalue weighted by atomic mass is 32.2. The third-order valence-electron chi connectivity index (χ3n) is 2.45. The maximum absolute atomic E-state index is 11.9. The highest BCUT2D eigenvalue weighted by molar-refractivity contribution is 7.89. The van der Waals surface area contributed by atoms with Gasteiger partial charge in [-0.25, -0.2) is 23.5 Å². The predicted octanol–water partition coefficient (Wildman–Crippen LogP) is 0.685. The lowest BCUT2D eigenvalue weighted by Gasteiger charge is -2.04. The van der Waals surface area contributed by atoms with Gasteiger partial charge in [0.05, 0.1) is 4.90 Å². The molecule has 20 heavy (non-hydrogen) atoms. The maximum Gasteiger partial charge on any atom is 0.258 e. The van der Waals surface area contributed by atoms with Crippen molar-refractivity contribution in [3.05, 3.63) is 47.8 Å². The number of amides is 1. The van der Waals surface area contributed by atoms with Crippen LogP contribution in [0.3, 0.4) is 0 Å². The zero-order valence-electron chi connectivity index (χ0n) is 10.6. The van der Waals surface area contributed by atoms with E-state index in [0.717, 1.165) is 5.56 Å². The molecule has 0 aliphatic heterocycles. The summed E-state index contributed by atoms with van der Waals surface area (Å²) < 4.78 is 22.2. The average molecular weight is 292 g/mol. The van der Waals surface area contributed by atoms with Crippen LogP contribution in [0.5, 0.6) is 0 Å². The van der Waals surface area contributed by atoms with Crippen molar-refractivity contribution in [1.82, 2.24) is 9.97 Å². The Kier molecular flexibility index (Phi) is 3.77. The number of nitrogens with two attached hydrogens (primary N) is 1. The van der Waals surface area contributed by atoms with E-state index in [-0.39, 0.29) is 16.4 Å². The van der Waals surface area contributed by atoms with Crippen LogP contribution in [0.25, 0.3) is 0 Å². The number of benzene rings is 1. The van der Waals surface area contributed by atoms with Gasteiger partial charge in [0.2, 0.25) is 16.0 Å². The number of aryl methyl sites for hydroxylation is 1. The Labute approximate surface area is 115 Å². The molecule has 7 nitrogen and oxygen atoms in total. The first-order valence-corrected chi connectivity index (χ1v) is 7.14. The van der Waals surface area contributed by atoms with Crippen molar-refractivity contribution in [2.45, 2.75) is 11.8 Å². The second kappa shape index (κ2) is 5.35. The quantitative estimate of drug-likeness (QED) is 0.863. The largest absolute Gasteiger partial charge is 0.290 e. The van der Waals surface area contributed by atoms with Crippen molar-refractivity contribution in [2.75, 3.05) is 5.32 Å². The molecular weight excluding hydrogens is 280 g/mol. The topological polar surface area (TPSA) is 115 Å². The number of hydrogen-bond acceptors (Lipinski definition) is 5. The summed E-state index contributed by atoms with van der Waals surface area (Å²) >= 11 is 0. The number of nitrogens with one attached hydrogen (secondary N) is 1. The van der Waals surface area contributed by atoms with Crippen molar-refractivity contribution < 1.29 is 13.2 Å². The summed E-state index contributed by atoms with van der Waals surface area (Å²) in [4.78, 5) is 19.7. The van der Waals surface area contributed by atoms with Crippen molar-refractivity contribution in [3.8, 4) is 0 Å². The van der Waals surface area contributed by atoms with E-state index in [1.807, 2.05) is 6.92 Å². The van der Waals surface area contributed by atoms with E-state index in [0.29, 0.717) is 0 Å². The van der Waals surface area contributed by atoms with Gasteiger partial charge in [0.15, 0.2) is 0 Å². The molecule has 2 rings (SSSR count). The van der Waals surface area contributed by atoms with Crippen LogP contribution >= 0.6 is 0 Å². The third-order valence-corrected chi connectivity index (χ3v) is 3.38. The third kappa shape index (κ3) is 3.37. The molecule has 8 heteroatoms.